The molecular formula is C7H4F5NO. The summed E-state index contributed by atoms with van der Waals surface area (Å²) in [4.78, 5) is 2.80. The van der Waals surface area contributed by atoms with Gasteiger partial charge in [0.25, 0.3) is 0 Å². The molecule has 0 amide bonds. The van der Waals surface area contributed by atoms with Crippen LogP contribution in [0, 0.1) is 0 Å². The van der Waals surface area contributed by atoms with Crippen molar-refractivity contribution in [3.8, 4) is 5.75 Å². The van der Waals surface area contributed by atoms with Gasteiger partial charge in [-0.3, -0.25) is 4.98 Å². The SMILES string of the molecule is Oc1ccc(C(F)(F)C(F)(F)F)nc1. The Morgan fingerprint density at radius 2 is 1.64 bits per heavy atom. The molecule has 0 fully saturated rings. The van der Waals surface area contributed by atoms with Crippen LogP contribution >= 0.6 is 0 Å². The molecule has 2 nitrogen and oxygen atoms in total. The van der Waals surface area contributed by atoms with Gasteiger partial charge in [-0.05, 0) is 12.1 Å². The lowest BCUT2D eigenvalue weighted by molar-refractivity contribution is -0.290. The molecule has 0 bridgehead atoms. The normalized spacial score (nSPS) is 12.9. The predicted octanol–water partition coefficient (Wildman–Crippen LogP) is 2.44. The van der Waals surface area contributed by atoms with E-state index in [9.17, 15) is 22.0 Å². The predicted molar refractivity (Wildman–Crippen MR) is 35.9 cm³/mol. The molecule has 78 valence electrons. The summed E-state index contributed by atoms with van der Waals surface area (Å²) in [5.41, 5.74) is -1.44. The first-order chi connectivity index (χ1) is 6.25. The van der Waals surface area contributed by atoms with Crippen LogP contribution in [0.3, 0.4) is 0 Å². The third-order valence-corrected chi connectivity index (χ3v) is 1.43. The summed E-state index contributed by atoms with van der Waals surface area (Å²) < 4.78 is 60.4. The zero-order chi connectivity index (χ0) is 11.0. The lowest BCUT2D eigenvalue weighted by Gasteiger charge is -2.18. The molecule has 0 saturated heterocycles. The minimum atomic E-state index is -5.68. The van der Waals surface area contributed by atoms with Crippen LogP contribution in [0.1, 0.15) is 5.69 Å². The van der Waals surface area contributed by atoms with Gasteiger partial charge in [-0.2, -0.15) is 22.0 Å². The van der Waals surface area contributed by atoms with Gasteiger partial charge >= 0.3 is 12.1 Å². The van der Waals surface area contributed by atoms with Crippen molar-refractivity contribution in [1.82, 2.24) is 4.98 Å². The van der Waals surface area contributed by atoms with Crippen LogP contribution in [0.5, 0.6) is 5.75 Å². The van der Waals surface area contributed by atoms with Crippen molar-refractivity contribution >= 4 is 0 Å². The van der Waals surface area contributed by atoms with Crippen LogP contribution in [-0.4, -0.2) is 16.3 Å². The van der Waals surface area contributed by atoms with Crippen molar-refractivity contribution in [3.63, 3.8) is 0 Å². The average molecular weight is 213 g/mol. The first kappa shape index (κ1) is 10.7. The number of halogens is 5. The van der Waals surface area contributed by atoms with Gasteiger partial charge in [0.2, 0.25) is 0 Å². The van der Waals surface area contributed by atoms with E-state index in [2.05, 4.69) is 4.98 Å². The van der Waals surface area contributed by atoms with Crippen LogP contribution < -0.4 is 0 Å². The highest BCUT2D eigenvalue weighted by atomic mass is 19.4. The molecule has 0 aliphatic heterocycles. The molecule has 1 rings (SSSR count). The van der Waals surface area contributed by atoms with E-state index in [1.54, 1.807) is 0 Å². The van der Waals surface area contributed by atoms with Crippen molar-refractivity contribution in [3.05, 3.63) is 24.0 Å². The molecular weight excluding hydrogens is 209 g/mol. The molecule has 1 aromatic rings. The summed E-state index contributed by atoms with van der Waals surface area (Å²) in [5, 5.41) is 8.64. The van der Waals surface area contributed by atoms with Crippen molar-refractivity contribution in [2.45, 2.75) is 12.1 Å². The van der Waals surface area contributed by atoms with E-state index < -0.39 is 23.5 Å². The second kappa shape index (κ2) is 3.07. The van der Waals surface area contributed by atoms with Gasteiger partial charge in [0.1, 0.15) is 11.4 Å². The molecule has 1 heterocycles. The van der Waals surface area contributed by atoms with Gasteiger partial charge in [0.05, 0.1) is 6.20 Å². The van der Waals surface area contributed by atoms with E-state index in [-0.39, 0.29) is 0 Å². The first-order valence-electron chi connectivity index (χ1n) is 3.35. The van der Waals surface area contributed by atoms with E-state index >= 15 is 0 Å². The highest BCUT2D eigenvalue weighted by Gasteiger charge is 2.59. The number of rotatable bonds is 1. The van der Waals surface area contributed by atoms with Gasteiger partial charge in [-0.25, -0.2) is 0 Å². The van der Waals surface area contributed by atoms with E-state index in [0.29, 0.717) is 18.3 Å². The minimum absolute atomic E-state index is 0.419. The Morgan fingerprint density at radius 1 is 1.07 bits per heavy atom. The van der Waals surface area contributed by atoms with Crippen LogP contribution in [-0.2, 0) is 5.92 Å². The number of alkyl halides is 5. The van der Waals surface area contributed by atoms with Crippen molar-refractivity contribution < 1.29 is 27.1 Å². The summed E-state index contributed by atoms with van der Waals surface area (Å²) in [5.74, 6) is -5.48. The van der Waals surface area contributed by atoms with Gasteiger partial charge in [-0.1, -0.05) is 0 Å². The van der Waals surface area contributed by atoms with Gasteiger partial charge in [0.15, 0.2) is 0 Å². The maximum atomic E-state index is 12.5. The molecule has 0 radical (unpaired) electrons. The van der Waals surface area contributed by atoms with Crippen LogP contribution in [0.2, 0.25) is 0 Å². The highest BCUT2D eigenvalue weighted by Crippen LogP contribution is 2.42. The largest absolute Gasteiger partial charge is 0.506 e. The molecule has 0 atom stereocenters. The number of aromatic hydroxyl groups is 1. The first-order valence-corrected chi connectivity index (χ1v) is 3.35. The van der Waals surface area contributed by atoms with Crippen molar-refractivity contribution in [2.24, 2.45) is 0 Å². The third kappa shape index (κ3) is 1.75. The molecule has 1 aromatic heterocycles. The standard InChI is InChI=1S/C7H4F5NO/c8-6(9,7(10,11)12)5-2-1-4(14)3-13-5/h1-3,14H. The number of pyridine rings is 1. The maximum Gasteiger partial charge on any atom is 0.459 e. The van der Waals surface area contributed by atoms with E-state index in [4.69, 9.17) is 5.11 Å². The number of nitrogens with zero attached hydrogens (tertiary/aromatic N) is 1. The molecule has 0 aromatic carbocycles. The van der Waals surface area contributed by atoms with E-state index in [1.165, 1.54) is 0 Å². The Kier molecular flexibility index (Phi) is 2.34. The Morgan fingerprint density at radius 3 is 2.00 bits per heavy atom. The van der Waals surface area contributed by atoms with Gasteiger partial charge in [0, 0.05) is 0 Å². The zero-order valence-corrected chi connectivity index (χ0v) is 6.52. The van der Waals surface area contributed by atoms with Gasteiger partial charge < -0.3 is 5.11 Å². The number of hydrogen-bond acceptors (Lipinski definition) is 2. The summed E-state index contributed by atoms with van der Waals surface area (Å²) in [6, 6.07) is 1.13. The summed E-state index contributed by atoms with van der Waals surface area (Å²) >= 11 is 0. The fourth-order valence-electron chi connectivity index (χ4n) is 0.717. The summed E-state index contributed by atoms with van der Waals surface area (Å²) in [6.45, 7) is 0. The second-order valence-corrected chi connectivity index (χ2v) is 2.47. The summed E-state index contributed by atoms with van der Waals surface area (Å²) in [7, 11) is 0. The molecule has 0 aliphatic rings. The topological polar surface area (TPSA) is 33.1 Å². The molecule has 14 heavy (non-hydrogen) atoms. The van der Waals surface area contributed by atoms with Crippen molar-refractivity contribution in [2.75, 3.05) is 0 Å². The Labute approximate surface area is 75.0 Å². The van der Waals surface area contributed by atoms with E-state index in [1.807, 2.05) is 0 Å². The molecule has 7 heteroatoms. The molecule has 0 aliphatic carbocycles. The monoisotopic (exact) mass is 213 g/mol. The summed E-state index contributed by atoms with van der Waals surface area (Å²) in [6.07, 6.45) is -5.16. The lowest BCUT2D eigenvalue weighted by atomic mass is 10.2. The Bertz CT molecular complexity index is 318. The number of aromatic nitrogens is 1. The Balaban J connectivity index is 3.10. The average Bonchev–Trinajstić information content (AvgIpc) is 2.03. The van der Waals surface area contributed by atoms with Gasteiger partial charge in [-0.15, -0.1) is 0 Å². The molecule has 0 spiro atoms. The molecule has 0 saturated carbocycles. The fourth-order valence-corrected chi connectivity index (χ4v) is 0.717. The number of hydrogen-bond donors (Lipinski definition) is 1. The fraction of sp³-hybridized carbons (Fsp3) is 0.286. The third-order valence-electron chi connectivity index (χ3n) is 1.43. The second-order valence-electron chi connectivity index (χ2n) is 2.47. The Hall–Kier alpha value is -1.40. The van der Waals surface area contributed by atoms with Crippen LogP contribution in [0.25, 0.3) is 0 Å². The van der Waals surface area contributed by atoms with Crippen molar-refractivity contribution in [1.29, 1.82) is 0 Å². The minimum Gasteiger partial charge on any atom is -0.506 e. The lowest BCUT2D eigenvalue weighted by Crippen LogP contribution is -2.34. The smallest absolute Gasteiger partial charge is 0.459 e. The van der Waals surface area contributed by atoms with E-state index in [0.717, 1.165) is 0 Å². The van der Waals surface area contributed by atoms with Crippen LogP contribution in [0.15, 0.2) is 18.3 Å². The highest BCUT2D eigenvalue weighted by molar-refractivity contribution is 5.21. The maximum absolute atomic E-state index is 12.5. The van der Waals surface area contributed by atoms with Crippen LogP contribution in [0.4, 0.5) is 22.0 Å². The molecule has 0 unspecified atom stereocenters. The zero-order valence-electron chi connectivity index (χ0n) is 6.52. The quantitative estimate of drug-likeness (QED) is 0.726. The molecule has 1 N–H and O–H groups in total.